The van der Waals surface area contributed by atoms with Gasteiger partial charge in [-0.2, -0.15) is 0 Å². The van der Waals surface area contributed by atoms with Gasteiger partial charge in [-0.15, -0.1) is 0 Å². The minimum absolute atomic E-state index is 0.332. The molecule has 0 unspecified atom stereocenters. The second-order valence-corrected chi connectivity index (χ2v) is 3.91. The molecule has 94 valence electrons. The van der Waals surface area contributed by atoms with Gasteiger partial charge in [-0.3, -0.25) is 4.98 Å². The molecule has 0 amide bonds. The van der Waals surface area contributed by atoms with Crippen LogP contribution >= 0.6 is 0 Å². The lowest BCUT2D eigenvalue weighted by Gasteiger charge is -2.08. The van der Waals surface area contributed by atoms with Gasteiger partial charge in [0.25, 0.3) is 0 Å². The Morgan fingerprint density at radius 2 is 2.11 bits per heavy atom. The van der Waals surface area contributed by atoms with Gasteiger partial charge >= 0.3 is 5.97 Å². The number of hydrogen-bond donors (Lipinski definition) is 0. The number of methoxy groups -OCH3 is 1. The first-order valence-electron chi connectivity index (χ1n) is 5.78. The molecule has 0 aliphatic heterocycles. The number of hydrogen-bond acceptors (Lipinski definition) is 4. The number of aryl methyl sites for hydroxylation is 1. The molecule has 2 rings (SSSR count). The largest absolute Gasteiger partial charge is 0.497 e. The maximum absolute atomic E-state index is 11.9. The van der Waals surface area contributed by atoms with Gasteiger partial charge in [0.05, 0.1) is 24.8 Å². The first-order chi connectivity index (χ1) is 8.65. The van der Waals surface area contributed by atoms with E-state index in [0.717, 1.165) is 16.6 Å². The number of fused-ring (bicyclic) bond motifs is 1. The van der Waals surface area contributed by atoms with Crippen molar-refractivity contribution in [2.24, 2.45) is 0 Å². The maximum atomic E-state index is 11.9. The summed E-state index contributed by atoms with van der Waals surface area (Å²) in [6.07, 6.45) is 0. The third kappa shape index (κ3) is 2.27. The van der Waals surface area contributed by atoms with E-state index in [1.807, 2.05) is 19.1 Å². The number of benzene rings is 1. The molecule has 4 nitrogen and oxygen atoms in total. The molecule has 0 spiro atoms. The van der Waals surface area contributed by atoms with Crippen LogP contribution < -0.4 is 4.74 Å². The van der Waals surface area contributed by atoms with Crippen molar-refractivity contribution in [3.8, 4) is 5.75 Å². The van der Waals surface area contributed by atoms with Crippen LogP contribution in [-0.4, -0.2) is 24.7 Å². The summed E-state index contributed by atoms with van der Waals surface area (Å²) in [6.45, 7) is 3.99. The van der Waals surface area contributed by atoms with Crippen LogP contribution in [0.25, 0.3) is 10.9 Å². The van der Waals surface area contributed by atoms with E-state index in [9.17, 15) is 4.79 Å². The van der Waals surface area contributed by atoms with E-state index in [1.54, 1.807) is 26.2 Å². The molecular formula is C14H15NO3. The molecule has 0 atom stereocenters. The number of esters is 1. The van der Waals surface area contributed by atoms with Crippen LogP contribution in [-0.2, 0) is 4.74 Å². The van der Waals surface area contributed by atoms with Crippen LogP contribution in [0, 0.1) is 6.92 Å². The standard InChI is InChI=1S/C14H15NO3/c1-4-18-14(16)12-7-9(2)15-13-6-5-10(17-3)8-11(12)13/h5-8H,4H2,1-3H3. The highest BCUT2D eigenvalue weighted by molar-refractivity contribution is 6.03. The van der Waals surface area contributed by atoms with Gasteiger partial charge in [0.15, 0.2) is 0 Å². The van der Waals surface area contributed by atoms with Crippen molar-refractivity contribution in [3.05, 3.63) is 35.5 Å². The minimum Gasteiger partial charge on any atom is -0.497 e. The number of aromatic nitrogens is 1. The molecule has 0 aliphatic carbocycles. The fraction of sp³-hybridized carbons (Fsp3) is 0.286. The van der Waals surface area contributed by atoms with Crippen molar-refractivity contribution in [1.82, 2.24) is 4.98 Å². The quantitative estimate of drug-likeness (QED) is 0.780. The van der Waals surface area contributed by atoms with Crippen LogP contribution in [0.5, 0.6) is 5.75 Å². The Morgan fingerprint density at radius 3 is 2.78 bits per heavy atom. The molecule has 2 aromatic rings. The van der Waals surface area contributed by atoms with E-state index in [2.05, 4.69) is 4.98 Å². The van der Waals surface area contributed by atoms with Gasteiger partial charge in [0, 0.05) is 11.1 Å². The van der Waals surface area contributed by atoms with Crippen molar-refractivity contribution in [3.63, 3.8) is 0 Å². The van der Waals surface area contributed by atoms with Crippen molar-refractivity contribution < 1.29 is 14.3 Å². The highest BCUT2D eigenvalue weighted by atomic mass is 16.5. The molecule has 0 saturated carbocycles. The van der Waals surface area contributed by atoms with E-state index in [4.69, 9.17) is 9.47 Å². The predicted molar refractivity (Wildman–Crippen MR) is 69.0 cm³/mol. The molecular weight excluding hydrogens is 230 g/mol. The third-order valence-corrected chi connectivity index (χ3v) is 2.64. The molecule has 1 heterocycles. The summed E-state index contributed by atoms with van der Waals surface area (Å²) < 4.78 is 10.2. The summed E-state index contributed by atoms with van der Waals surface area (Å²) in [5.74, 6) is 0.361. The van der Waals surface area contributed by atoms with Gasteiger partial charge in [-0.05, 0) is 38.1 Å². The van der Waals surface area contributed by atoms with Crippen LogP contribution in [0.1, 0.15) is 23.0 Å². The lowest BCUT2D eigenvalue weighted by atomic mass is 10.1. The van der Waals surface area contributed by atoms with Gasteiger partial charge in [-0.1, -0.05) is 0 Å². The SMILES string of the molecule is CCOC(=O)c1cc(C)nc2ccc(OC)cc12. The molecule has 1 aromatic carbocycles. The molecule has 18 heavy (non-hydrogen) atoms. The van der Waals surface area contributed by atoms with Gasteiger partial charge in [0.2, 0.25) is 0 Å². The zero-order valence-corrected chi connectivity index (χ0v) is 10.7. The zero-order chi connectivity index (χ0) is 13.1. The zero-order valence-electron chi connectivity index (χ0n) is 10.7. The summed E-state index contributed by atoms with van der Waals surface area (Å²) in [5.41, 5.74) is 2.08. The second kappa shape index (κ2) is 5.04. The van der Waals surface area contributed by atoms with Gasteiger partial charge in [0.1, 0.15) is 5.75 Å². The summed E-state index contributed by atoms with van der Waals surface area (Å²) in [5, 5.41) is 0.749. The predicted octanol–water partition coefficient (Wildman–Crippen LogP) is 2.73. The number of ether oxygens (including phenoxy) is 2. The Bertz CT molecular complexity index is 593. The summed E-state index contributed by atoms with van der Waals surface area (Å²) >= 11 is 0. The monoisotopic (exact) mass is 245 g/mol. The molecule has 0 bridgehead atoms. The second-order valence-electron chi connectivity index (χ2n) is 3.91. The van der Waals surface area contributed by atoms with Crippen LogP contribution in [0.4, 0.5) is 0 Å². The lowest BCUT2D eigenvalue weighted by Crippen LogP contribution is -2.06. The molecule has 1 aromatic heterocycles. The number of rotatable bonds is 3. The smallest absolute Gasteiger partial charge is 0.338 e. The molecule has 0 radical (unpaired) electrons. The molecule has 0 saturated heterocycles. The minimum atomic E-state index is -0.332. The number of pyridine rings is 1. The van der Waals surface area contributed by atoms with Crippen molar-refractivity contribution >= 4 is 16.9 Å². The summed E-state index contributed by atoms with van der Waals surface area (Å²) in [7, 11) is 1.59. The van der Waals surface area contributed by atoms with Crippen LogP contribution in [0.3, 0.4) is 0 Å². The number of carbonyl (C=O) groups is 1. The molecule has 0 aliphatic rings. The number of carbonyl (C=O) groups excluding carboxylic acids is 1. The van der Waals surface area contributed by atoms with Crippen molar-refractivity contribution in [1.29, 1.82) is 0 Å². The third-order valence-electron chi connectivity index (χ3n) is 2.64. The van der Waals surface area contributed by atoms with E-state index in [-0.39, 0.29) is 5.97 Å². The van der Waals surface area contributed by atoms with Crippen LogP contribution in [0.15, 0.2) is 24.3 Å². The topological polar surface area (TPSA) is 48.4 Å². The summed E-state index contributed by atoms with van der Waals surface area (Å²) in [6, 6.07) is 7.20. The Balaban J connectivity index is 2.65. The average molecular weight is 245 g/mol. The van der Waals surface area contributed by atoms with E-state index in [1.165, 1.54) is 0 Å². The Morgan fingerprint density at radius 1 is 1.33 bits per heavy atom. The van der Waals surface area contributed by atoms with E-state index >= 15 is 0 Å². The fourth-order valence-corrected chi connectivity index (χ4v) is 1.84. The molecule has 4 heteroatoms. The Hall–Kier alpha value is -2.10. The van der Waals surface area contributed by atoms with Gasteiger partial charge in [-0.25, -0.2) is 4.79 Å². The van der Waals surface area contributed by atoms with Crippen LogP contribution in [0.2, 0.25) is 0 Å². The number of nitrogens with zero attached hydrogens (tertiary/aromatic N) is 1. The van der Waals surface area contributed by atoms with Crippen molar-refractivity contribution in [2.75, 3.05) is 13.7 Å². The fourth-order valence-electron chi connectivity index (χ4n) is 1.84. The highest BCUT2D eigenvalue weighted by Gasteiger charge is 2.13. The first-order valence-corrected chi connectivity index (χ1v) is 5.78. The summed E-state index contributed by atoms with van der Waals surface area (Å²) in [4.78, 5) is 16.3. The lowest BCUT2D eigenvalue weighted by molar-refractivity contribution is 0.0528. The molecule has 0 fully saturated rings. The first kappa shape index (κ1) is 12.4. The Kier molecular flexibility index (Phi) is 3.46. The van der Waals surface area contributed by atoms with E-state index in [0.29, 0.717) is 17.9 Å². The Labute approximate surface area is 106 Å². The van der Waals surface area contributed by atoms with Gasteiger partial charge < -0.3 is 9.47 Å². The van der Waals surface area contributed by atoms with E-state index < -0.39 is 0 Å². The molecule has 0 N–H and O–H groups in total. The highest BCUT2D eigenvalue weighted by Crippen LogP contribution is 2.24. The maximum Gasteiger partial charge on any atom is 0.338 e. The average Bonchev–Trinajstić information content (AvgIpc) is 2.37. The normalized spacial score (nSPS) is 10.4. The van der Waals surface area contributed by atoms with Crippen molar-refractivity contribution in [2.45, 2.75) is 13.8 Å².